The Morgan fingerprint density at radius 3 is 2.89 bits per heavy atom. The van der Waals surface area contributed by atoms with Gasteiger partial charge in [-0.3, -0.25) is 4.79 Å². The second-order valence-corrected chi connectivity index (χ2v) is 3.95. The molecule has 2 heterocycles. The molecule has 1 fully saturated rings. The summed E-state index contributed by atoms with van der Waals surface area (Å²) in [4.78, 5) is 28.2. The molecule has 1 atom stereocenters. The van der Waals surface area contributed by atoms with Crippen LogP contribution in [0.15, 0.2) is 18.2 Å². The summed E-state index contributed by atoms with van der Waals surface area (Å²) in [6.45, 7) is 0.799. The van der Waals surface area contributed by atoms with E-state index in [0.29, 0.717) is 6.54 Å². The number of hydrogen-bond acceptors (Lipinski definition) is 5. The van der Waals surface area contributed by atoms with Gasteiger partial charge >= 0.3 is 5.97 Å². The number of pyridine rings is 1. The van der Waals surface area contributed by atoms with Crippen molar-refractivity contribution < 1.29 is 19.4 Å². The Hall–Kier alpha value is -2.46. The predicted molar refractivity (Wildman–Crippen MR) is 62.5 cm³/mol. The van der Waals surface area contributed by atoms with Crippen LogP contribution in [0.3, 0.4) is 0 Å². The minimum Gasteiger partial charge on any atom is -0.477 e. The van der Waals surface area contributed by atoms with Gasteiger partial charge in [-0.2, -0.15) is 5.26 Å². The first-order valence-corrected chi connectivity index (χ1v) is 5.62. The zero-order chi connectivity index (χ0) is 13.8. The number of carbonyl (C=O) groups is 2. The molecule has 1 aromatic rings. The van der Waals surface area contributed by atoms with Gasteiger partial charge in [-0.05, 0) is 12.1 Å². The second-order valence-electron chi connectivity index (χ2n) is 3.95. The number of hydrogen-bond donors (Lipinski definition) is 1. The van der Waals surface area contributed by atoms with Crippen molar-refractivity contribution in [3.05, 3.63) is 29.6 Å². The van der Waals surface area contributed by atoms with Gasteiger partial charge in [0, 0.05) is 6.54 Å². The third-order valence-electron chi connectivity index (χ3n) is 2.68. The van der Waals surface area contributed by atoms with E-state index in [2.05, 4.69) is 4.98 Å². The third kappa shape index (κ3) is 2.86. The Balaban J connectivity index is 2.17. The highest BCUT2D eigenvalue weighted by Gasteiger charge is 2.25. The number of nitrogens with zero attached hydrogens (tertiary/aromatic N) is 3. The summed E-state index contributed by atoms with van der Waals surface area (Å²) in [5.41, 5.74) is -0.130. The zero-order valence-corrected chi connectivity index (χ0v) is 9.94. The molecule has 0 saturated carbocycles. The molecule has 0 spiro atoms. The Morgan fingerprint density at radius 1 is 1.47 bits per heavy atom. The molecule has 1 unspecified atom stereocenters. The fourth-order valence-electron chi connectivity index (χ4n) is 1.75. The Kier molecular flexibility index (Phi) is 3.73. The van der Waals surface area contributed by atoms with Crippen molar-refractivity contribution in [3.63, 3.8) is 0 Å². The van der Waals surface area contributed by atoms with Gasteiger partial charge in [-0.1, -0.05) is 6.07 Å². The van der Waals surface area contributed by atoms with Crippen molar-refractivity contribution in [1.29, 1.82) is 5.26 Å². The normalized spacial score (nSPS) is 18.7. The van der Waals surface area contributed by atoms with E-state index in [-0.39, 0.29) is 24.5 Å². The first-order valence-electron chi connectivity index (χ1n) is 5.62. The number of carboxylic acid groups (broad SMARTS) is 1. The number of ether oxygens (including phenoxy) is 1. The van der Waals surface area contributed by atoms with Crippen molar-refractivity contribution in [2.75, 3.05) is 19.7 Å². The SMILES string of the molecule is N#CC1CN(C(=O)c2cccc(C(=O)O)n2)CCO1. The fraction of sp³-hybridized carbons (Fsp3) is 0.333. The second kappa shape index (κ2) is 5.46. The van der Waals surface area contributed by atoms with Crippen LogP contribution in [0.25, 0.3) is 0 Å². The molecule has 98 valence electrons. The van der Waals surface area contributed by atoms with Gasteiger partial charge in [-0.25, -0.2) is 9.78 Å². The van der Waals surface area contributed by atoms with Crippen LogP contribution in [0, 0.1) is 11.3 Å². The summed E-state index contributed by atoms with van der Waals surface area (Å²) in [5, 5.41) is 17.6. The Labute approximate surface area is 109 Å². The van der Waals surface area contributed by atoms with Crippen molar-refractivity contribution in [1.82, 2.24) is 9.88 Å². The Morgan fingerprint density at radius 2 is 2.21 bits per heavy atom. The van der Waals surface area contributed by atoms with Crippen LogP contribution in [0.1, 0.15) is 21.0 Å². The molecule has 7 nitrogen and oxygen atoms in total. The number of aromatic carboxylic acids is 1. The minimum absolute atomic E-state index is 0.0542. The van der Waals surface area contributed by atoms with Gasteiger partial charge in [0.2, 0.25) is 0 Å². The highest BCUT2D eigenvalue weighted by atomic mass is 16.5. The zero-order valence-electron chi connectivity index (χ0n) is 9.94. The maximum Gasteiger partial charge on any atom is 0.354 e. The van der Waals surface area contributed by atoms with E-state index < -0.39 is 18.0 Å². The molecule has 1 saturated heterocycles. The van der Waals surface area contributed by atoms with Crippen LogP contribution in [0.5, 0.6) is 0 Å². The van der Waals surface area contributed by atoms with E-state index in [1.165, 1.54) is 23.1 Å². The summed E-state index contributed by atoms with van der Waals surface area (Å²) >= 11 is 0. The number of carboxylic acids is 1. The molecule has 0 aliphatic carbocycles. The third-order valence-corrected chi connectivity index (χ3v) is 2.68. The van der Waals surface area contributed by atoms with Crippen molar-refractivity contribution in [2.24, 2.45) is 0 Å². The fourth-order valence-corrected chi connectivity index (χ4v) is 1.75. The number of morpholine rings is 1. The molecule has 1 N–H and O–H groups in total. The van der Waals surface area contributed by atoms with E-state index in [0.717, 1.165) is 0 Å². The predicted octanol–water partition coefficient (Wildman–Crippen LogP) is 0.144. The monoisotopic (exact) mass is 261 g/mol. The first kappa shape index (κ1) is 13.0. The van der Waals surface area contributed by atoms with Gasteiger partial charge in [0.05, 0.1) is 19.2 Å². The van der Waals surface area contributed by atoms with E-state index in [9.17, 15) is 9.59 Å². The molecule has 1 amide bonds. The van der Waals surface area contributed by atoms with E-state index in [1.54, 1.807) is 0 Å². The average Bonchev–Trinajstić information content (AvgIpc) is 2.46. The lowest BCUT2D eigenvalue weighted by atomic mass is 10.2. The molecule has 19 heavy (non-hydrogen) atoms. The molecule has 7 heteroatoms. The maximum atomic E-state index is 12.1. The number of nitriles is 1. The van der Waals surface area contributed by atoms with E-state index >= 15 is 0 Å². The molecular weight excluding hydrogens is 250 g/mol. The largest absolute Gasteiger partial charge is 0.477 e. The molecule has 0 radical (unpaired) electrons. The molecular formula is C12H11N3O4. The van der Waals surface area contributed by atoms with Crippen molar-refractivity contribution in [3.8, 4) is 6.07 Å². The van der Waals surface area contributed by atoms with Crippen LogP contribution in [-0.4, -0.2) is 52.7 Å². The molecule has 1 aliphatic heterocycles. The van der Waals surface area contributed by atoms with Gasteiger partial charge in [0.15, 0.2) is 6.10 Å². The Bertz CT molecular complexity index is 552. The quantitative estimate of drug-likeness (QED) is 0.812. The molecule has 1 aromatic heterocycles. The van der Waals surface area contributed by atoms with Crippen molar-refractivity contribution >= 4 is 11.9 Å². The smallest absolute Gasteiger partial charge is 0.354 e. The first-order chi connectivity index (χ1) is 9.11. The van der Waals surface area contributed by atoms with Crippen LogP contribution in [0.2, 0.25) is 0 Å². The van der Waals surface area contributed by atoms with Gasteiger partial charge < -0.3 is 14.7 Å². The molecule has 0 aromatic carbocycles. The average molecular weight is 261 g/mol. The summed E-state index contributed by atoms with van der Waals surface area (Å²) in [5.74, 6) is -1.59. The van der Waals surface area contributed by atoms with E-state index in [1.807, 2.05) is 6.07 Å². The highest BCUT2D eigenvalue weighted by molar-refractivity contribution is 5.94. The molecule has 2 rings (SSSR count). The van der Waals surface area contributed by atoms with E-state index in [4.69, 9.17) is 15.1 Å². The van der Waals surface area contributed by atoms with Crippen LogP contribution >= 0.6 is 0 Å². The number of amides is 1. The number of aromatic nitrogens is 1. The lowest BCUT2D eigenvalue weighted by Crippen LogP contribution is -2.45. The summed E-state index contributed by atoms with van der Waals surface area (Å²) in [7, 11) is 0. The lowest BCUT2D eigenvalue weighted by molar-refractivity contribution is 0.00319. The van der Waals surface area contributed by atoms with Crippen LogP contribution < -0.4 is 0 Å². The summed E-state index contributed by atoms with van der Waals surface area (Å²) in [6.07, 6.45) is -0.652. The van der Waals surface area contributed by atoms with Gasteiger partial charge in [-0.15, -0.1) is 0 Å². The standard InChI is InChI=1S/C12H11N3O4/c13-6-8-7-15(4-5-19-8)11(16)9-2-1-3-10(14-9)12(17)18/h1-3,8H,4-5,7H2,(H,17,18). The lowest BCUT2D eigenvalue weighted by Gasteiger charge is -2.29. The molecule has 0 bridgehead atoms. The maximum absolute atomic E-state index is 12.1. The molecule has 1 aliphatic rings. The topological polar surface area (TPSA) is 104 Å². The highest BCUT2D eigenvalue weighted by Crippen LogP contribution is 2.09. The summed E-state index contributed by atoms with van der Waals surface area (Å²) < 4.78 is 5.14. The summed E-state index contributed by atoms with van der Waals surface area (Å²) in [6, 6.07) is 6.17. The van der Waals surface area contributed by atoms with Crippen LogP contribution in [0.4, 0.5) is 0 Å². The van der Waals surface area contributed by atoms with Gasteiger partial charge in [0.25, 0.3) is 5.91 Å². The van der Waals surface area contributed by atoms with Crippen molar-refractivity contribution in [2.45, 2.75) is 6.10 Å². The minimum atomic E-state index is -1.19. The number of rotatable bonds is 2. The van der Waals surface area contributed by atoms with Gasteiger partial charge in [0.1, 0.15) is 11.4 Å². The van der Waals surface area contributed by atoms with Crippen LogP contribution in [-0.2, 0) is 4.74 Å². The number of carbonyl (C=O) groups excluding carboxylic acids is 1.